The van der Waals surface area contributed by atoms with Gasteiger partial charge in [-0.05, 0) is 6.07 Å². The van der Waals surface area contributed by atoms with Crippen molar-refractivity contribution in [2.75, 3.05) is 20.3 Å². The van der Waals surface area contributed by atoms with Gasteiger partial charge in [0.05, 0.1) is 20.3 Å². The van der Waals surface area contributed by atoms with E-state index < -0.39 is 0 Å². The van der Waals surface area contributed by atoms with Crippen LogP contribution in [0.1, 0.15) is 18.4 Å². The van der Waals surface area contributed by atoms with Crippen LogP contribution in [0.25, 0.3) is 0 Å². The Morgan fingerprint density at radius 1 is 1.25 bits per heavy atom. The zero-order valence-electron chi connectivity index (χ0n) is 9.49. The van der Waals surface area contributed by atoms with E-state index in [1.807, 2.05) is 12.1 Å². The summed E-state index contributed by atoms with van der Waals surface area (Å²) >= 11 is 0. The highest BCUT2D eigenvalue weighted by Crippen LogP contribution is 2.45. The quantitative estimate of drug-likeness (QED) is 0.726. The maximum absolute atomic E-state index is 6.15. The molecule has 86 valence electrons. The van der Waals surface area contributed by atoms with Crippen LogP contribution in [-0.4, -0.2) is 25.9 Å². The van der Waals surface area contributed by atoms with Gasteiger partial charge in [0.1, 0.15) is 5.60 Å². The Labute approximate surface area is 95.3 Å². The fraction of sp³-hybridized carbons (Fsp3) is 0.538. The molecule has 0 saturated carbocycles. The lowest BCUT2D eigenvalue weighted by Gasteiger charge is -2.32. The number of fused-ring (bicyclic) bond motifs is 1. The highest BCUT2D eigenvalue weighted by Gasteiger charge is 2.41. The van der Waals surface area contributed by atoms with Crippen LogP contribution in [0.15, 0.2) is 18.2 Å². The van der Waals surface area contributed by atoms with E-state index in [9.17, 15) is 0 Å². The van der Waals surface area contributed by atoms with Gasteiger partial charge >= 0.3 is 0 Å². The van der Waals surface area contributed by atoms with Crippen LogP contribution in [0, 0.1) is 0 Å². The molecule has 2 aliphatic heterocycles. The summed E-state index contributed by atoms with van der Waals surface area (Å²) in [7, 11) is 1.69. The van der Waals surface area contributed by atoms with Gasteiger partial charge in [-0.1, -0.05) is 12.1 Å². The second kappa shape index (κ2) is 3.67. The van der Waals surface area contributed by atoms with Crippen LogP contribution >= 0.6 is 0 Å². The summed E-state index contributed by atoms with van der Waals surface area (Å²) in [5.41, 5.74) is 1.23. The van der Waals surface area contributed by atoms with Crippen molar-refractivity contribution in [1.82, 2.24) is 0 Å². The Morgan fingerprint density at radius 2 is 2.06 bits per heavy atom. The van der Waals surface area contributed by atoms with E-state index in [1.165, 1.54) is 5.56 Å². The van der Waals surface area contributed by atoms with E-state index in [1.54, 1.807) is 7.11 Å². The summed E-state index contributed by atoms with van der Waals surface area (Å²) in [5, 5.41) is 0. The first-order valence-electron chi connectivity index (χ1n) is 5.76. The first-order chi connectivity index (χ1) is 7.83. The highest BCUT2D eigenvalue weighted by atomic mass is 16.5. The Balaban J connectivity index is 1.93. The Morgan fingerprint density at radius 3 is 2.81 bits per heavy atom. The number of para-hydroxylation sites is 1. The van der Waals surface area contributed by atoms with Crippen LogP contribution in [0.2, 0.25) is 0 Å². The lowest BCUT2D eigenvalue weighted by molar-refractivity contribution is -0.0338. The average Bonchev–Trinajstić information content (AvgIpc) is 2.67. The third kappa shape index (κ3) is 1.47. The van der Waals surface area contributed by atoms with Crippen LogP contribution in [-0.2, 0) is 11.2 Å². The first-order valence-corrected chi connectivity index (χ1v) is 5.76. The van der Waals surface area contributed by atoms with Crippen LogP contribution < -0.4 is 9.47 Å². The zero-order valence-corrected chi connectivity index (χ0v) is 9.49. The molecule has 1 aromatic carbocycles. The van der Waals surface area contributed by atoms with Crippen LogP contribution in [0.3, 0.4) is 0 Å². The summed E-state index contributed by atoms with van der Waals surface area (Å²) in [4.78, 5) is 0. The van der Waals surface area contributed by atoms with E-state index in [4.69, 9.17) is 14.2 Å². The summed E-state index contributed by atoms with van der Waals surface area (Å²) in [6, 6.07) is 6.11. The van der Waals surface area contributed by atoms with Gasteiger partial charge in [-0.15, -0.1) is 0 Å². The number of methoxy groups -OCH3 is 1. The first kappa shape index (κ1) is 9.97. The molecule has 0 amide bonds. The fourth-order valence-electron chi connectivity index (χ4n) is 2.60. The Kier molecular flexibility index (Phi) is 2.28. The minimum atomic E-state index is -0.0325. The van der Waals surface area contributed by atoms with Crippen LogP contribution in [0.5, 0.6) is 11.5 Å². The number of hydrogen-bond donors (Lipinski definition) is 0. The average molecular weight is 220 g/mol. The van der Waals surface area contributed by atoms with Crippen molar-refractivity contribution >= 4 is 0 Å². The normalized spacial score (nSPS) is 21.6. The molecule has 3 rings (SSSR count). The van der Waals surface area contributed by atoms with E-state index >= 15 is 0 Å². The molecule has 3 heteroatoms. The lowest BCUT2D eigenvalue weighted by Crippen LogP contribution is -2.40. The van der Waals surface area contributed by atoms with Gasteiger partial charge in [0.15, 0.2) is 11.5 Å². The largest absolute Gasteiger partial charge is 0.493 e. The monoisotopic (exact) mass is 220 g/mol. The smallest absolute Gasteiger partial charge is 0.165 e. The molecule has 2 aliphatic rings. The summed E-state index contributed by atoms with van der Waals surface area (Å²) in [6.07, 6.45) is 2.94. The summed E-state index contributed by atoms with van der Waals surface area (Å²) in [5.74, 6) is 1.78. The summed E-state index contributed by atoms with van der Waals surface area (Å²) < 4.78 is 16.9. The van der Waals surface area contributed by atoms with Crippen molar-refractivity contribution in [3.05, 3.63) is 23.8 Å². The molecule has 0 aliphatic carbocycles. The SMILES string of the molecule is COc1cccc2c1OC1(CCOCC1)C2. The molecule has 1 saturated heterocycles. The van der Waals surface area contributed by atoms with Crippen molar-refractivity contribution in [2.24, 2.45) is 0 Å². The van der Waals surface area contributed by atoms with Crippen LogP contribution in [0.4, 0.5) is 0 Å². The summed E-state index contributed by atoms with van der Waals surface area (Å²) in [6.45, 7) is 1.60. The van der Waals surface area contributed by atoms with Gasteiger partial charge in [0.25, 0.3) is 0 Å². The van der Waals surface area contributed by atoms with Gasteiger partial charge in [0, 0.05) is 24.8 Å². The number of rotatable bonds is 1. The van der Waals surface area contributed by atoms with Crippen molar-refractivity contribution in [2.45, 2.75) is 24.9 Å². The molecule has 1 aromatic rings. The third-order valence-corrected chi connectivity index (χ3v) is 3.52. The minimum absolute atomic E-state index is 0.0325. The van der Waals surface area contributed by atoms with Gasteiger partial charge in [-0.25, -0.2) is 0 Å². The highest BCUT2D eigenvalue weighted by molar-refractivity contribution is 5.50. The molecule has 0 bridgehead atoms. The van der Waals surface area contributed by atoms with Gasteiger partial charge in [-0.3, -0.25) is 0 Å². The fourth-order valence-corrected chi connectivity index (χ4v) is 2.60. The van der Waals surface area contributed by atoms with Crippen molar-refractivity contribution in [3.63, 3.8) is 0 Å². The Hall–Kier alpha value is -1.22. The van der Waals surface area contributed by atoms with Crippen molar-refractivity contribution < 1.29 is 14.2 Å². The second-order valence-electron chi connectivity index (χ2n) is 4.52. The molecule has 16 heavy (non-hydrogen) atoms. The lowest BCUT2D eigenvalue weighted by atomic mass is 9.89. The minimum Gasteiger partial charge on any atom is -0.493 e. The molecule has 1 spiro atoms. The maximum atomic E-state index is 6.15. The molecule has 0 aromatic heterocycles. The molecular weight excluding hydrogens is 204 g/mol. The molecule has 0 N–H and O–H groups in total. The number of hydrogen-bond acceptors (Lipinski definition) is 3. The molecule has 0 radical (unpaired) electrons. The predicted molar refractivity (Wildman–Crippen MR) is 60.1 cm³/mol. The van der Waals surface area contributed by atoms with E-state index in [0.717, 1.165) is 44.0 Å². The van der Waals surface area contributed by atoms with Crippen molar-refractivity contribution in [3.8, 4) is 11.5 Å². The second-order valence-corrected chi connectivity index (χ2v) is 4.52. The number of ether oxygens (including phenoxy) is 3. The molecular formula is C13H16O3. The van der Waals surface area contributed by atoms with Crippen molar-refractivity contribution in [1.29, 1.82) is 0 Å². The topological polar surface area (TPSA) is 27.7 Å². The van der Waals surface area contributed by atoms with E-state index in [0.29, 0.717) is 0 Å². The Bertz CT molecular complexity index is 394. The molecule has 3 nitrogen and oxygen atoms in total. The van der Waals surface area contributed by atoms with E-state index in [-0.39, 0.29) is 5.60 Å². The predicted octanol–water partition coefficient (Wildman–Crippen LogP) is 2.18. The molecule has 0 unspecified atom stereocenters. The van der Waals surface area contributed by atoms with Gasteiger partial charge < -0.3 is 14.2 Å². The molecule has 2 heterocycles. The van der Waals surface area contributed by atoms with Gasteiger partial charge in [0.2, 0.25) is 0 Å². The zero-order chi connectivity index (χ0) is 11.0. The standard InChI is InChI=1S/C13H16O3/c1-14-11-4-2-3-10-9-13(16-12(10)11)5-7-15-8-6-13/h2-4H,5-9H2,1H3. The van der Waals surface area contributed by atoms with E-state index in [2.05, 4.69) is 6.07 Å². The third-order valence-electron chi connectivity index (χ3n) is 3.52. The molecule has 0 atom stereocenters. The van der Waals surface area contributed by atoms with Gasteiger partial charge in [-0.2, -0.15) is 0 Å². The molecule has 1 fully saturated rings. The maximum Gasteiger partial charge on any atom is 0.165 e. The number of benzene rings is 1.